The van der Waals surface area contributed by atoms with Crippen LogP contribution in [-0.2, 0) is 23.1 Å². The fraction of sp³-hybridized carbons (Fsp3) is 0.294. The summed E-state index contributed by atoms with van der Waals surface area (Å²) < 4.78 is 6.72. The summed E-state index contributed by atoms with van der Waals surface area (Å²) in [5, 5.41) is 12.3. The van der Waals surface area contributed by atoms with Crippen LogP contribution in [0.25, 0.3) is 0 Å². The summed E-state index contributed by atoms with van der Waals surface area (Å²) in [5.74, 6) is -0.333. The van der Waals surface area contributed by atoms with Gasteiger partial charge in [-0.2, -0.15) is 5.26 Å². The number of benzene rings is 1. The van der Waals surface area contributed by atoms with Crippen molar-refractivity contribution >= 4 is 5.97 Å². The molecule has 0 amide bonds. The van der Waals surface area contributed by atoms with Crippen molar-refractivity contribution in [1.29, 1.82) is 5.26 Å². The number of aromatic nitrogens is 1. The van der Waals surface area contributed by atoms with Crippen LogP contribution in [0.15, 0.2) is 36.4 Å². The summed E-state index contributed by atoms with van der Waals surface area (Å²) in [6.45, 7) is 2.43. The first-order valence-corrected chi connectivity index (χ1v) is 7.00. The van der Waals surface area contributed by atoms with Gasteiger partial charge in [0, 0.05) is 19.3 Å². The average Bonchev–Trinajstić information content (AvgIpc) is 2.83. The van der Waals surface area contributed by atoms with E-state index in [1.54, 1.807) is 0 Å². The van der Waals surface area contributed by atoms with E-state index >= 15 is 0 Å². The maximum absolute atomic E-state index is 12.0. The van der Waals surface area contributed by atoms with Crippen molar-refractivity contribution in [3.63, 3.8) is 0 Å². The van der Waals surface area contributed by atoms with Gasteiger partial charge in [-0.1, -0.05) is 30.3 Å². The number of esters is 1. The first kappa shape index (κ1) is 15.8. The van der Waals surface area contributed by atoms with Crippen LogP contribution in [0.3, 0.4) is 0 Å². The lowest BCUT2D eigenvalue weighted by molar-refractivity contribution is -0.143. The van der Waals surface area contributed by atoms with Gasteiger partial charge in [-0.3, -0.25) is 5.32 Å². The molecule has 0 bridgehead atoms. The molecule has 0 spiro atoms. The van der Waals surface area contributed by atoms with Gasteiger partial charge in [0.1, 0.15) is 17.8 Å². The highest BCUT2D eigenvalue weighted by molar-refractivity contribution is 5.77. The van der Waals surface area contributed by atoms with Crippen molar-refractivity contribution in [1.82, 2.24) is 9.88 Å². The molecule has 0 fully saturated rings. The number of hydrogen-bond acceptors (Lipinski definition) is 4. The number of carbonyl (C=O) groups excluding carboxylic acids is 1. The molecule has 1 aromatic heterocycles. The molecule has 1 unspecified atom stereocenters. The van der Waals surface area contributed by atoms with E-state index in [4.69, 9.17) is 10.00 Å². The molecule has 0 saturated carbocycles. The fourth-order valence-electron chi connectivity index (χ4n) is 2.36. The zero-order chi connectivity index (χ0) is 16.1. The van der Waals surface area contributed by atoms with Gasteiger partial charge in [-0.25, -0.2) is 4.79 Å². The summed E-state index contributed by atoms with van der Waals surface area (Å²) >= 11 is 0. The second-order valence-corrected chi connectivity index (χ2v) is 5.06. The molecule has 0 aliphatic rings. The number of nitrogens with zero attached hydrogens (tertiary/aromatic N) is 2. The lowest BCUT2D eigenvalue weighted by Gasteiger charge is -2.17. The molecule has 114 valence electrons. The normalized spacial score (nSPS) is 11.7. The molecular weight excluding hydrogens is 278 g/mol. The van der Waals surface area contributed by atoms with E-state index in [9.17, 15) is 4.79 Å². The molecule has 1 aromatic carbocycles. The molecule has 2 rings (SSSR count). The van der Waals surface area contributed by atoms with E-state index in [2.05, 4.69) is 11.4 Å². The smallest absolute Gasteiger partial charge is 0.327 e. The zero-order valence-electron chi connectivity index (χ0n) is 13.0. The monoisotopic (exact) mass is 297 g/mol. The zero-order valence-corrected chi connectivity index (χ0v) is 13.0. The molecule has 2 aromatic rings. The highest BCUT2D eigenvalue weighted by Gasteiger charge is 2.21. The molecule has 22 heavy (non-hydrogen) atoms. The second kappa shape index (κ2) is 6.92. The number of carbonyl (C=O) groups is 1. The Morgan fingerprint density at radius 1 is 1.41 bits per heavy atom. The second-order valence-electron chi connectivity index (χ2n) is 5.06. The van der Waals surface area contributed by atoms with Crippen molar-refractivity contribution in [3.05, 3.63) is 58.9 Å². The third-order valence-electron chi connectivity index (χ3n) is 3.82. The Bertz CT molecular complexity index is 699. The number of nitriles is 1. The van der Waals surface area contributed by atoms with Crippen LogP contribution in [0.5, 0.6) is 0 Å². The molecule has 1 heterocycles. The van der Waals surface area contributed by atoms with Crippen molar-refractivity contribution in [2.75, 3.05) is 7.11 Å². The van der Waals surface area contributed by atoms with Crippen molar-refractivity contribution in [3.8, 4) is 6.07 Å². The number of rotatable bonds is 5. The van der Waals surface area contributed by atoms with Crippen LogP contribution in [0, 0.1) is 18.3 Å². The first-order chi connectivity index (χ1) is 10.6. The van der Waals surface area contributed by atoms with Crippen LogP contribution in [-0.4, -0.2) is 17.6 Å². The van der Waals surface area contributed by atoms with Crippen molar-refractivity contribution in [2.45, 2.75) is 19.5 Å². The van der Waals surface area contributed by atoms with Gasteiger partial charge in [0.25, 0.3) is 0 Å². The van der Waals surface area contributed by atoms with E-state index in [-0.39, 0.29) is 5.97 Å². The number of hydrogen-bond donors (Lipinski definition) is 1. The Morgan fingerprint density at radius 3 is 2.64 bits per heavy atom. The van der Waals surface area contributed by atoms with Gasteiger partial charge in [0.2, 0.25) is 0 Å². The van der Waals surface area contributed by atoms with Gasteiger partial charge < -0.3 is 9.30 Å². The number of methoxy groups -OCH3 is 1. The van der Waals surface area contributed by atoms with Gasteiger partial charge in [0.15, 0.2) is 0 Å². The van der Waals surface area contributed by atoms with E-state index in [0.29, 0.717) is 12.2 Å². The third kappa shape index (κ3) is 3.18. The molecule has 1 N–H and O–H groups in total. The first-order valence-electron chi connectivity index (χ1n) is 7.00. The largest absolute Gasteiger partial charge is 0.468 e. The summed E-state index contributed by atoms with van der Waals surface area (Å²) in [4.78, 5) is 12.0. The number of ether oxygens (including phenoxy) is 1. The molecule has 5 nitrogen and oxygen atoms in total. The lowest BCUT2D eigenvalue weighted by atomic mass is 10.1. The lowest BCUT2D eigenvalue weighted by Crippen LogP contribution is -2.29. The minimum absolute atomic E-state index is 0.333. The Morgan fingerprint density at radius 2 is 2.09 bits per heavy atom. The standard InChI is InChI=1S/C17H19N3O2/c1-12-14(9-15(10-18)20(12)2)11-19-16(17(21)22-3)13-7-5-4-6-8-13/h4-9,16,19H,11H2,1-3H3. The molecule has 0 saturated heterocycles. The van der Waals surface area contributed by atoms with Crippen LogP contribution in [0.4, 0.5) is 0 Å². The SMILES string of the molecule is COC(=O)C(NCc1cc(C#N)n(C)c1C)c1ccccc1. The van der Waals surface area contributed by atoms with Gasteiger partial charge in [-0.15, -0.1) is 0 Å². The predicted octanol–water partition coefficient (Wildman–Crippen LogP) is 2.21. The molecular formula is C17H19N3O2. The van der Waals surface area contributed by atoms with Gasteiger partial charge >= 0.3 is 5.97 Å². The summed E-state index contributed by atoms with van der Waals surface area (Å²) in [7, 11) is 3.23. The molecule has 0 aliphatic heterocycles. The van der Waals surface area contributed by atoms with E-state index in [0.717, 1.165) is 16.8 Å². The van der Waals surface area contributed by atoms with Gasteiger partial charge in [0.05, 0.1) is 7.11 Å². The topological polar surface area (TPSA) is 67.0 Å². The summed E-state index contributed by atoms with van der Waals surface area (Å²) in [6, 6.07) is 12.9. The van der Waals surface area contributed by atoms with E-state index in [1.165, 1.54) is 7.11 Å². The highest BCUT2D eigenvalue weighted by Crippen LogP contribution is 2.18. The van der Waals surface area contributed by atoms with Crippen LogP contribution >= 0.6 is 0 Å². The number of nitrogens with one attached hydrogen (secondary N) is 1. The minimum Gasteiger partial charge on any atom is -0.468 e. The van der Waals surface area contributed by atoms with Crippen LogP contribution in [0.2, 0.25) is 0 Å². The Balaban J connectivity index is 2.19. The molecule has 0 radical (unpaired) electrons. The van der Waals surface area contributed by atoms with E-state index in [1.807, 2.05) is 54.9 Å². The summed E-state index contributed by atoms with van der Waals surface area (Å²) in [5.41, 5.74) is 3.44. The summed E-state index contributed by atoms with van der Waals surface area (Å²) in [6.07, 6.45) is 0. The molecule has 1 atom stereocenters. The van der Waals surface area contributed by atoms with E-state index < -0.39 is 6.04 Å². The minimum atomic E-state index is -0.531. The van der Waals surface area contributed by atoms with Crippen LogP contribution < -0.4 is 5.32 Å². The van der Waals surface area contributed by atoms with Crippen molar-refractivity contribution < 1.29 is 9.53 Å². The third-order valence-corrected chi connectivity index (χ3v) is 3.82. The highest BCUT2D eigenvalue weighted by atomic mass is 16.5. The van der Waals surface area contributed by atoms with Gasteiger partial charge in [-0.05, 0) is 24.1 Å². The quantitative estimate of drug-likeness (QED) is 0.859. The maximum atomic E-state index is 12.0. The maximum Gasteiger partial charge on any atom is 0.327 e. The Kier molecular flexibility index (Phi) is 4.97. The molecule has 0 aliphatic carbocycles. The fourth-order valence-corrected chi connectivity index (χ4v) is 2.36. The molecule has 5 heteroatoms. The Hall–Kier alpha value is -2.58. The predicted molar refractivity (Wildman–Crippen MR) is 82.9 cm³/mol. The van der Waals surface area contributed by atoms with Crippen molar-refractivity contribution in [2.24, 2.45) is 7.05 Å². The average molecular weight is 297 g/mol. The Labute approximate surface area is 130 Å². The van der Waals surface area contributed by atoms with Crippen LogP contribution in [0.1, 0.15) is 28.6 Å².